The minimum absolute atomic E-state index is 0.181. The van der Waals surface area contributed by atoms with Gasteiger partial charge in [-0.25, -0.2) is 4.98 Å². The molecule has 146 valence electrons. The molecule has 1 saturated carbocycles. The van der Waals surface area contributed by atoms with Crippen molar-refractivity contribution in [1.29, 1.82) is 0 Å². The molecule has 1 aromatic heterocycles. The molecule has 0 atom stereocenters. The smallest absolute Gasteiger partial charge is 0.222 e. The molecule has 1 aliphatic rings. The van der Waals surface area contributed by atoms with Gasteiger partial charge in [-0.15, -0.1) is 0 Å². The van der Waals surface area contributed by atoms with Crippen LogP contribution in [0.3, 0.4) is 0 Å². The third-order valence-electron chi connectivity index (χ3n) is 5.58. The second-order valence-electron chi connectivity index (χ2n) is 7.65. The molecular formula is C22H25ClN4O. The number of nitrogen functional groups attached to an aromatic ring is 2. The number of benzene rings is 2. The maximum Gasteiger partial charge on any atom is 0.222 e. The van der Waals surface area contributed by atoms with Gasteiger partial charge < -0.3 is 16.2 Å². The highest BCUT2D eigenvalue weighted by molar-refractivity contribution is 6.30. The van der Waals surface area contributed by atoms with E-state index in [1.807, 2.05) is 30.3 Å². The van der Waals surface area contributed by atoms with Crippen LogP contribution in [0.25, 0.3) is 10.9 Å². The van der Waals surface area contributed by atoms with Gasteiger partial charge in [0.05, 0.1) is 17.5 Å². The van der Waals surface area contributed by atoms with Crippen molar-refractivity contribution < 1.29 is 4.74 Å². The van der Waals surface area contributed by atoms with Crippen molar-refractivity contribution >= 4 is 34.3 Å². The van der Waals surface area contributed by atoms with Gasteiger partial charge in [0.1, 0.15) is 11.6 Å². The first-order valence-corrected chi connectivity index (χ1v) is 10.1. The van der Waals surface area contributed by atoms with Gasteiger partial charge in [0.2, 0.25) is 5.95 Å². The maximum absolute atomic E-state index is 6.13. The summed E-state index contributed by atoms with van der Waals surface area (Å²) in [6.07, 6.45) is 5.90. The Morgan fingerprint density at radius 2 is 1.71 bits per heavy atom. The number of rotatable bonds is 5. The van der Waals surface area contributed by atoms with E-state index in [0.29, 0.717) is 23.9 Å². The summed E-state index contributed by atoms with van der Waals surface area (Å²) in [6.45, 7) is 0.687. The minimum Gasteiger partial charge on any atom is -0.492 e. The Kier molecular flexibility index (Phi) is 5.53. The van der Waals surface area contributed by atoms with Crippen LogP contribution in [0.1, 0.15) is 31.2 Å². The SMILES string of the molecule is Nc1nc(N)c2c(OCC3CCC(Cc4cccc(Cl)c4)CC3)cccc2n1. The molecule has 4 rings (SSSR count). The first kappa shape index (κ1) is 18.8. The van der Waals surface area contributed by atoms with E-state index in [1.165, 1.54) is 31.2 Å². The van der Waals surface area contributed by atoms with Crippen molar-refractivity contribution in [2.24, 2.45) is 11.8 Å². The van der Waals surface area contributed by atoms with Crippen LogP contribution in [-0.4, -0.2) is 16.6 Å². The first-order chi connectivity index (χ1) is 13.6. The predicted molar refractivity (Wildman–Crippen MR) is 114 cm³/mol. The van der Waals surface area contributed by atoms with E-state index in [0.717, 1.165) is 28.5 Å². The lowest BCUT2D eigenvalue weighted by Crippen LogP contribution is -2.21. The predicted octanol–water partition coefficient (Wildman–Crippen LogP) is 4.88. The molecule has 0 bridgehead atoms. The quantitative estimate of drug-likeness (QED) is 0.642. The number of nitrogens with zero attached hydrogens (tertiary/aromatic N) is 2. The van der Waals surface area contributed by atoms with Gasteiger partial charge in [-0.1, -0.05) is 29.8 Å². The van der Waals surface area contributed by atoms with E-state index in [9.17, 15) is 0 Å². The second-order valence-corrected chi connectivity index (χ2v) is 8.09. The molecule has 6 heteroatoms. The van der Waals surface area contributed by atoms with Crippen LogP contribution in [0.5, 0.6) is 5.75 Å². The molecule has 2 aromatic carbocycles. The molecule has 0 unspecified atom stereocenters. The van der Waals surface area contributed by atoms with Crippen LogP contribution >= 0.6 is 11.6 Å². The maximum atomic E-state index is 6.13. The van der Waals surface area contributed by atoms with Gasteiger partial charge in [0, 0.05) is 5.02 Å². The zero-order valence-corrected chi connectivity index (χ0v) is 16.5. The summed E-state index contributed by atoms with van der Waals surface area (Å²) < 4.78 is 6.13. The van der Waals surface area contributed by atoms with Gasteiger partial charge >= 0.3 is 0 Å². The number of hydrogen-bond acceptors (Lipinski definition) is 5. The molecule has 0 spiro atoms. The highest BCUT2D eigenvalue weighted by atomic mass is 35.5. The fraction of sp³-hybridized carbons (Fsp3) is 0.364. The van der Waals surface area contributed by atoms with E-state index in [1.54, 1.807) is 0 Å². The van der Waals surface area contributed by atoms with E-state index >= 15 is 0 Å². The molecule has 4 N–H and O–H groups in total. The van der Waals surface area contributed by atoms with Crippen LogP contribution in [0.4, 0.5) is 11.8 Å². The van der Waals surface area contributed by atoms with E-state index in [4.69, 9.17) is 27.8 Å². The molecule has 3 aromatic rings. The Bertz CT molecular complexity index is 970. The molecular weight excluding hydrogens is 372 g/mol. The molecule has 5 nitrogen and oxygen atoms in total. The van der Waals surface area contributed by atoms with Crippen molar-refractivity contribution in [2.75, 3.05) is 18.1 Å². The fourth-order valence-corrected chi connectivity index (χ4v) is 4.34. The standard InChI is InChI=1S/C22H25ClN4O/c23-17-4-1-3-16(12-17)11-14-7-9-15(10-8-14)13-28-19-6-2-5-18-20(19)21(24)27-22(25)26-18/h1-6,12,14-15H,7-11,13H2,(H4,24,25,26,27). The summed E-state index contributed by atoms with van der Waals surface area (Å²) in [5.74, 6) is 2.56. The van der Waals surface area contributed by atoms with E-state index < -0.39 is 0 Å². The Morgan fingerprint density at radius 1 is 0.964 bits per heavy atom. The zero-order valence-electron chi connectivity index (χ0n) is 15.8. The van der Waals surface area contributed by atoms with Crippen molar-refractivity contribution in [3.63, 3.8) is 0 Å². The first-order valence-electron chi connectivity index (χ1n) is 9.77. The van der Waals surface area contributed by atoms with Gasteiger partial charge in [0.25, 0.3) is 0 Å². The third-order valence-corrected chi connectivity index (χ3v) is 5.82. The summed E-state index contributed by atoms with van der Waals surface area (Å²) in [5.41, 5.74) is 13.8. The van der Waals surface area contributed by atoms with Gasteiger partial charge in [-0.3, -0.25) is 0 Å². The molecule has 1 heterocycles. The van der Waals surface area contributed by atoms with Crippen LogP contribution in [0, 0.1) is 11.8 Å². The van der Waals surface area contributed by atoms with Crippen LogP contribution in [0.15, 0.2) is 42.5 Å². The van der Waals surface area contributed by atoms with Crippen molar-refractivity contribution in [2.45, 2.75) is 32.1 Å². The fourth-order valence-electron chi connectivity index (χ4n) is 4.13. The number of anilines is 2. The molecule has 0 aliphatic heterocycles. The van der Waals surface area contributed by atoms with Gasteiger partial charge in [-0.05, 0) is 73.8 Å². The summed E-state index contributed by atoms with van der Waals surface area (Å²) in [6, 6.07) is 13.9. The second kappa shape index (κ2) is 8.23. The molecule has 0 amide bonds. The number of fused-ring (bicyclic) bond motifs is 1. The molecule has 28 heavy (non-hydrogen) atoms. The average Bonchev–Trinajstić information content (AvgIpc) is 2.67. The molecule has 0 radical (unpaired) electrons. The van der Waals surface area contributed by atoms with Crippen molar-refractivity contribution in [3.05, 3.63) is 53.1 Å². The Morgan fingerprint density at radius 3 is 2.50 bits per heavy atom. The summed E-state index contributed by atoms with van der Waals surface area (Å²) >= 11 is 6.11. The lowest BCUT2D eigenvalue weighted by molar-refractivity contribution is 0.184. The molecule has 0 saturated heterocycles. The number of nitrogens with two attached hydrogens (primary N) is 2. The van der Waals surface area contributed by atoms with E-state index in [-0.39, 0.29) is 5.95 Å². The van der Waals surface area contributed by atoms with Crippen molar-refractivity contribution in [1.82, 2.24) is 9.97 Å². The number of ether oxygens (including phenoxy) is 1. The van der Waals surface area contributed by atoms with Crippen LogP contribution in [-0.2, 0) is 6.42 Å². The normalized spacial score (nSPS) is 19.6. The number of hydrogen-bond donors (Lipinski definition) is 2. The van der Waals surface area contributed by atoms with Crippen LogP contribution in [0.2, 0.25) is 5.02 Å². The largest absolute Gasteiger partial charge is 0.492 e. The third kappa shape index (κ3) is 4.30. The lowest BCUT2D eigenvalue weighted by atomic mass is 9.79. The minimum atomic E-state index is 0.181. The highest BCUT2D eigenvalue weighted by Gasteiger charge is 2.22. The van der Waals surface area contributed by atoms with Gasteiger partial charge in [-0.2, -0.15) is 4.98 Å². The number of aromatic nitrogens is 2. The zero-order chi connectivity index (χ0) is 19.5. The van der Waals surface area contributed by atoms with Crippen LogP contribution < -0.4 is 16.2 Å². The number of halogens is 1. The monoisotopic (exact) mass is 396 g/mol. The topological polar surface area (TPSA) is 87.0 Å². The molecule has 1 aliphatic carbocycles. The Labute approximate surface area is 170 Å². The Hall–Kier alpha value is -2.53. The molecule has 1 fully saturated rings. The Balaban J connectivity index is 1.34. The summed E-state index contributed by atoms with van der Waals surface area (Å²) in [4.78, 5) is 8.31. The highest BCUT2D eigenvalue weighted by Crippen LogP contribution is 2.34. The summed E-state index contributed by atoms with van der Waals surface area (Å²) in [5, 5.41) is 1.56. The lowest BCUT2D eigenvalue weighted by Gasteiger charge is -2.28. The van der Waals surface area contributed by atoms with Gasteiger partial charge in [0.15, 0.2) is 0 Å². The average molecular weight is 397 g/mol. The summed E-state index contributed by atoms with van der Waals surface area (Å²) in [7, 11) is 0. The van der Waals surface area contributed by atoms with E-state index in [2.05, 4.69) is 22.1 Å². The van der Waals surface area contributed by atoms with Crippen molar-refractivity contribution in [3.8, 4) is 5.75 Å².